The van der Waals surface area contributed by atoms with Crippen LogP contribution in [0.15, 0.2) is 163 Å². The zero-order valence-electron chi connectivity index (χ0n) is 23.0. The van der Waals surface area contributed by atoms with Gasteiger partial charge in [0.15, 0.2) is 0 Å². The molecule has 1 aromatic heterocycles. The van der Waals surface area contributed by atoms with E-state index in [1.165, 1.54) is 44.0 Å². The molecule has 0 radical (unpaired) electrons. The molecule has 0 saturated heterocycles. The Bertz CT molecular complexity index is 1930. The van der Waals surface area contributed by atoms with Crippen LogP contribution in [-0.4, -0.2) is 9.55 Å². The van der Waals surface area contributed by atoms with Gasteiger partial charge in [0.2, 0.25) is 0 Å². The minimum atomic E-state index is -0.476. The number of rotatable bonds is 5. The first kappa shape index (κ1) is 24.9. The Kier molecular flexibility index (Phi) is 6.05. The van der Waals surface area contributed by atoms with Crippen LogP contribution in [0.1, 0.15) is 28.1 Å². The monoisotopic (exact) mass is 556 g/mol. The van der Waals surface area contributed by atoms with Crippen molar-refractivity contribution in [2.45, 2.75) is 16.1 Å². The van der Waals surface area contributed by atoms with E-state index in [1.807, 2.05) is 11.8 Å². The molecule has 1 aliphatic heterocycles. The molecule has 7 aromatic rings. The minimum Gasteiger partial charge on any atom is -0.294 e. The van der Waals surface area contributed by atoms with Crippen LogP contribution >= 0.6 is 11.8 Å². The molecule has 0 unspecified atom stereocenters. The van der Waals surface area contributed by atoms with E-state index in [0.717, 1.165) is 22.6 Å². The highest BCUT2D eigenvalue weighted by Gasteiger charge is 2.38. The number of para-hydroxylation sites is 1. The Morgan fingerprint density at radius 2 is 1.10 bits per heavy atom. The zero-order valence-corrected chi connectivity index (χ0v) is 23.8. The molecular formula is C39H28N2S. The Balaban J connectivity index is 1.35. The van der Waals surface area contributed by atoms with Gasteiger partial charge in [-0.15, -0.1) is 11.8 Å². The van der Waals surface area contributed by atoms with Crippen molar-refractivity contribution >= 4 is 22.8 Å². The molecule has 3 heteroatoms. The molecule has 0 aliphatic carbocycles. The number of hydrogen-bond acceptors (Lipinski definition) is 2. The molecule has 1 aliphatic rings. The van der Waals surface area contributed by atoms with Gasteiger partial charge in [-0.2, -0.15) is 0 Å². The highest BCUT2D eigenvalue weighted by molar-refractivity contribution is 7.98. The van der Waals surface area contributed by atoms with E-state index in [2.05, 4.69) is 162 Å². The van der Waals surface area contributed by atoms with Gasteiger partial charge in [-0.3, -0.25) is 4.57 Å². The number of benzene rings is 6. The normalized spacial score (nSPS) is 12.6. The molecule has 0 fully saturated rings. The number of hydrogen-bond donors (Lipinski definition) is 0. The first-order chi connectivity index (χ1) is 20.8. The fourth-order valence-electron chi connectivity index (χ4n) is 6.57. The maximum atomic E-state index is 5.00. The Morgan fingerprint density at radius 3 is 1.76 bits per heavy atom. The number of imidazole rings is 1. The summed E-state index contributed by atoms with van der Waals surface area (Å²) in [6, 6.07) is 57.1. The third kappa shape index (κ3) is 3.93. The van der Waals surface area contributed by atoms with Gasteiger partial charge >= 0.3 is 0 Å². The highest BCUT2D eigenvalue weighted by Crippen LogP contribution is 2.46. The first-order valence-corrected chi connectivity index (χ1v) is 15.3. The van der Waals surface area contributed by atoms with Gasteiger partial charge in [0, 0.05) is 4.90 Å². The second-order valence-corrected chi connectivity index (χ2v) is 11.8. The molecule has 2 heterocycles. The number of fused-ring (bicyclic) bond motifs is 5. The number of nitrogens with zero attached hydrogens (tertiary/aromatic N) is 2. The first-order valence-electron chi connectivity index (χ1n) is 14.3. The van der Waals surface area contributed by atoms with Gasteiger partial charge in [-0.1, -0.05) is 127 Å². The predicted molar refractivity (Wildman–Crippen MR) is 174 cm³/mol. The molecule has 2 nitrogen and oxygen atoms in total. The Morgan fingerprint density at radius 1 is 0.524 bits per heavy atom. The van der Waals surface area contributed by atoms with Gasteiger partial charge < -0.3 is 0 Å². The van der Waals surface area contributed by atoms with Crippen LogP contribution in [0.3, 0.4) is 0 Å². The summed E-state index contributed by atoms with van der Waals surface area (Å²) in [5.41, 5.74) is 10.3. The van der Waals surface area contributed by atoms with Crippen molar-refractivity contribution in [1.82, 2.24) is 9.55 Å². The van der Waals surface area contributed by atoms with Crippen molar-refractivity contribution < 1.29 is 0 Å². The van der Waals surface area contributed by atoms with Gasteiger partial charge in [0.25, 0.3) is 0 Å². The molecule has 0 atom stereocenters. The number of aromatic nitrogens is 2. The highest BCUT2D eigenvalue weighted by atomic mass is 32.2. The van der Waals surface area contributed by atoms with Gasteiger partial charge in [0.1, 0.15) is 5.82 Å². The summed E-state index contributed by atoms with van der Waals surface area (Å²) in [7, 11) is 0. The largest absolute Gasteiger partial charge is 0.294 e. The van der Waals surface area contributed by atoms with E-state index in [9.17, 15) is 0 Å². The molecule has 0 amide bonds. The molecular weight excluding hydrogens is 529 g/mol. The fourth-order valence-corrected chi connectivity index (χ4v) is 7.53. The van der Waals surface area contributed by atoms with E-state index in [-0.39, 0.29) is 0 Å². The van der Waals surface area contributed by atoms with Crippen molar-refractivity contribution in [1.29, 1.82) is 0 Å². The van der Waals surface area contributed by atoms with Crippen LogP contribution in [0.5, 0.6) is 0 Å². The van der Waals surface area contributed by atoms with Crippen molar-refractivity contribution in [2.75, 3.05) is 0 Å². The van der Waals surface area contributed by atoms with E-state index in [0.29, 0.717) is 0 Å². The van der Waals surface area contributed by atoms with Crippen LogP contribution < -0.4 is 0 Å². The van der Waals surface area contributed by atoms with E-state index >= 15 is 0 Å². The number of thioether (sulfide) groups is 1. The van der Waals surface area contributed by atoms with Crippen molar-refractivity contribution in [3.8, 4) is 16.8 Å². The summed E-state index contributed by atoms with van der Waals surface area (Å²) in [5.74, 6) is 1.99. The molecule has 0 N–H and O–H groups in total. The van der Waals surface area contributed by atoms with Crippen LogP contribution in [0.2, 0.25) is 0 Å². The quantitative estimate of drug-likeness (QED) is 0.196. The lowest BCUT2D eigenvalue weighted by Gasteiger charge is -2.37. The third-order valence-electron chi connectivity index (χ3n) is 8.44. The van der Waals surface area contributed by atoms with E-state index in [4.69, 9.17) is 4.98 Å². The second-order valence-electron chi connectivity index (χ2n) is 10.8. The van der Waals surface area contributed by atoms with Crippen molar-refractivity contribution in [3.05, 3.63) is 186 Å². The lowest BCUT2D eigenvalue weighted by atomic mass is 9.65. The summed E-state index contributed by atoms with van der Waals surface area (Å²) in [6.07, 6.45) is 0. The summed E-state index contributed by atoms with van der Waals surface area (Å²) >= 11 is 1.86. The summed E-state index contributed by atoms with van der Waals surface area (Å²) in [5, 5.41) is 0. The average molecular weight is 557 g/mol. The fraction of sp³-hybridized carbons (Fsp3) is 0.0513. The standard InChI is InChI=1S/C39H28N2S/c1-4-14-30(15-5-1)39(31-16-6-2-7-17-31,32-18-8-3-9-19-32)33-20-12-13-28(25-33)29-23-24-34-36(26-29)41-35-21-10-11-22-37(35)42-27-38(41)40-34/h1-26H,27H2. The van der Waals surface area contributed by atoms with Crippen molar-refractivity contribution in [2.24, 2.45) is 0 Å². The van der Waals surface area contributed by atoms with Crippen LogP contribution in [-0.2, 0) is 11.2 Å². The topological polar surface area (TPSA) is 17.8 Å². The second kappa shape index (κ2) is 10.2. The maximum absolute atomic E-state index is 5.00. The maximum Gasteiger partial charge on any atom is 0.124 e. The lowest BCUT2D eigenvalue weighted by molar-refractivity contribution is 0.745. The van der Waals surface area contributed by atoms with Gasteiger partial charge in [-0.25, -0.2) is 4.98 Å². The van der Waals surface area contributed by atoms with Gasteiger partial charge in [-0.05, 0) is 63.7 Å². The summed E-state index contributed by atoms with van der Waals surface area (Å²) in [6.45, 7) is 0. The van der Waals surface area contributed by atoms with Crippen LogP contribution in [0.25, 0.3) is 27.8 Å². The summed E-state index contributed by atoms with van der Waals surface area (Å²) < 4.78 is 2.34. The zero-order chi connectivity index (χ0) is 27.9. The average Bonchev–Trinajstić information content (AvgIpc) is 3.45. The summed E-state index contributed by atoms with van der Waals surface area (Å²) in [4.78, 5) is 6.31. The van der Waals surface area contributed by atoms with E-state index in [1.54, 1.807) is 0 Å². The smallest absolute Gasteiger partial charge is 0.124 e. The molecule has 42 heavy (non-hydrogen) atoms. The molecule has 0 bridgehead atoms. The minimum absolute atomic E-state index is 0.476. The van der Waals surface area contributed by atoms with Crippen LogP contribution in [0, 0.1) is 0 Å². The Hall–Kier alpha value is -4.86. The SMILES string of the molecule is c1ccc(C(c2ccccc2)(c2ccccc2)c2cccc(-c3ccc4nc5n(c4c3)-c3ccccc3SC5)c2)cc1. The lowest BCUT2D eigenvalue weighted by Crippen LogP contribution is -2.31. The van der Waals surface area contributed by atoms with Crippen LogP contribution in [0.4, 0.5) is 0 Å². The van der Waals surface area contributed by atoms with Gasteiger partial charge in [0.05, 0.1) is 27.9 Å². The molecule has 200 valence electrons. The molecule has 0 saturated carbocycles. The third-order valence-corrected chi connectivity index (χ3v) is 9.49. The molecule has 8 rings (SSSR count). The molecule has 0 spiro atoms. The van der Waals surface area contributed by atoms with Crippen molar-refractivity contribution in [3.63, 3.8) is 0 Å². The molecule has 6 aromatic carbocycles. The predicted octanol–water partition coefficient (Wildman–Crippen LogP) is 9.68. The Labute approximate surface area is 250 Å². The van der Waals surface area contributed by atoms with E-state index < -0.39 is 5.41 Å².